The molecule has 0 aliphatic rings. The fourth-order valence-corrected chi connectivity index (χ4v) is 2.28. The molecule has 0 saturated carbocycles. The van der Waals surface area contributed by atoms with Crippen LogP contribution in [0.5, 0.6) is 5.75 Å². The lowest BCUT2D eigenvalue weighted by Gasteiger charge is -2.25. The predicted molar refractivity (Wildman–Crippen MR) is 75.8 cm³/mol. The fourth-order valence-electron chi connectivity index (χ4n) is 1.88. The summed E-state index contributed by atoms with van der Waals surface area (Å²) >= 11 is 3.42. The molecule has 2 aromatic rings. The summed E-state index contributed by atoms with van der Waals surface area (Å²) in [5.41, 5.74) is 0.600. The van der Waals surface area contributed by atoms with Crippen LogP contribution in [0.25, 0.3) is 0 Å². The normalized spacial score (nSPS) is 14.0. The van der Waals surface area contributed by atoms with Gasteiger partial charge in [0.15, 0.2) is 0 Å². The first kappa shape index (κ1) is 13.1. The first-order chi connectivity index (χ1) is 8.54. The van der Waals surface area contributed by atoms with Crippen molar-refractivity contribution in [1.82, 2.24) is 0 Å². The van der Waals surface area contributed by atoms with Gasteiger partial charge in [-0.2, -0.15) is 0 Å². The minimum atomic E-state index is -1.04. The summed E-state index contributed by atoms with van der Waals surface area (Å²) in [6.07, 6.45) is 0. The standard InChI is InChI=1S/C15H15BrO2/c1-15(17,11-5-3-7-13(16)9-11)12-6-4-8-14(10-12)18-2/h3-10,17H,1-2H3. The maximum absolute atomic E-state index is 10.7. The molecule has 0 heterocycles. The van der Waals surface area contributed by atoms with Gasteiger partial charge in [-0.05, 0) is 42.3 Å². The van der Waals surface area contributed by atoms with E-state index in [0.717, 1.165) is 21.3 Å². The van der Waals surface area contributed by atoms with E-state index in [2.05, 4.69) is 15.9 Å². The number of hydrogen-bond acceptors (Lipinski definition) is 2. The van der Waals surface area contributed by atoms with Crippen LogP contribution >= 0.6 is 15.9 Å². The van der Waals surface area contributed by atoms with Gasteiger partial charge in [0, 0.05) is 4.47 Å². The van der Waals surface area contributed by atoms with E-state index in [1.54, 1.807) is 14.0 Å². The largest absolute Gasteiger partial charge is 0.497 e. The van der Waals surface area contributed by atoms with Crippen molar-refractivity contribution in [2.45, 2.75) is 12.5 Å². The zero-order valence-electron chi connectivity index (χ0n) is 10.4. The number of rotatable bonds is 3. The zero-order chi connectivity index (χ0) is 13.2. The SMILES string of the molecule is COc1cccc(C(C)(O)c2cccc(Br)c2)c1. The number of ether oxygens (including phenoxy) is 1. The Morgan fingerprint density at radius 1 is 1.06 bits per heavy atom. The molecule has 0 amide bonds. The fraction of sp³-hybridized carbons (Fsp3) is 0.200. The quantitative estimate of drug-likeness (QED) is 0.936. The average molecular weight is 307 g/mol. The first-order valence-corrected chi connectivity index (χ1v) is 6.46. The van der Waals surface area contributed by atoms with E-state index < -0.39 is 5.60 Å². The smallest absolute Gasteiger partial charge is 0.119 e. The van der Waals surface area contributed by atoms with Crippen molar-refractivity contribution in [1.29, 1.82) is 0 Å². The average Bonchev–Trinajstić information content (AvgIpc) is 2.39. The molecular formula is C15H15BrO2. The van der Waals surface area contributed by atoms with Crippen molar-refractivity contribution in [3.8, 4) is 5.75 Å². The molecule has 0 aliphatic heterocycles. The highest BCUT2D eigenvalue weighted by Gasteiger charge is 2.26. The minimum Gasteiger partial charge on any atom is -0.497 e. The number of methoxy groups -OCH3 is 1. The number of aliphatic hydroxyl groups is 1. The van der Waals surface area contributed by atoms with Gasteiger partial charge in [0.05, 0.1) is 7.11 Å². The van der Waals surface area contributed by atoms with Crippen molar-refractivity contribution in [3.63, 3.8) is 0 Å². The summed E-state index contributed by atoms with van der Waals surface area (Å²) in [7, 11) is 1.62. The van der Waals surface area contributed by atoms with Crippen LogP contribution in [0.1, 0.15) is 18.1 Å². The molecular weight excluding hydrogens is 292 g/mol. The zero-order valence-corrected chi connectivity index (χ0v) is 11.9. The van der Waals surface area contributed by atoms with Gasteiger partial charge in [0.25, 0.3) is 0 Å². The monoisotopic (exact) mass is 306 g/mol. The van der Waals surface area contributed by atoms with Crippen LogP contribution in [0.3, 0.4) is 0 Å². The molecule has 2 aromatic carbocycles. The van der Waals surface area contributed by atoms with Crippen LogP contribution < -0.4 is 4.74 Å². The summed E-state index contributed by atoms with van der Waals surface area (Å²) in [4.78, 5) is 0. The molecule has 2 rings (SSSR count). The molecule has 0 saturated heterocycles. The Hall–Kier alpha value is -1.32. The summed E-state index contributed by atoms with van der Waals surface area (Å²) in [5, 5.41) is 10.7. The van der Waals surface area contributed by atoms with Gasteiger partial charge in [0.1, 0.15) is 11.4 Å². The van der Waals surface area contributed by atoms with Gasteiger partial charge >= 0.3 is 0 Å². The Labute approximate surface area is 115 Å². The Kier molecular flexibility index (Phi) is 3.73. The second kappa shape index (κ2) is 5.12. The van der Waals surface area contributed by atoms with Crippen LogP contribution in [-0.4, -0.2) is 12.2 Å². The third-order valence-electron chi connectivity index (χ3n) is 3.02. The van der Waals surface area contributed by atoms with Crippen molar-refractivity contribution >= 4 is 15.9 Å². The van der Waals surface area contributed by atoms with Gasteiger partial charge in [-0.25, -0.2) is 0 Å². The molecule has 2 nitrogen and oxygen atoms in total. The topological polar surface area (TPSA) is 29.5 Å². The Morgan fingerprint density at radius 2 is 1.67 bits per heavy atom. The van der Waals surface area contributed by atoms with Gasteiger partial charge in [-0.3, -0.25) is 0 Å². The van der Waals surface area contributed by atoms with Crippen molar-refractivity contribution in [2.24, 2.45) is 0 Å². The highest BCUT2D eigenvalue weighted by atomic mass is 79.9. The molecule has 3 heteroatoms. The lowest BCUT2D eigenvalue weighted by molar-refractivity contribution is 0.102. The predicted octanol–water partition coefficient (Wildman–Crippen LogP) is 3.71. The molecule has 0 fully saturated rings. The molecule has 0 spiro atoms. The first-order valence-electron chi connectivity index (χ1n) is 5.67. The Bertz CT molecular complexity index is 550. The molecule has 0 radical (unpaired) electrons. The lowest BCUT2D eigenvalue weighted by atomic mass is 9.88. The summed E-state index contributed by atoms with van der Waals surface area (Å²) < 4.78 is 6.14. The number of benzene rings is 2. The van der Waals surface area contributed by atoms with Crippen molar-refractivity contribution in [2.75, 3.05) is 7.11 Å². The molecule has 18 heavy (non-hydrogen) atoms. The van der Waals surface area contributed by atoms with E-state index in [-0.39, 0.29) is 0 Å². The van der Waals surface area contributed by atoms with Crippen molar-refractivity contribution < 1.29 is 9.84 Å². The van der Waals surface area contributed by atoms with Crippen LogP contribution in [0.2, 0.25) is 0 Å². The summed E-state index contributed by atoms with van der Waals surface area (Å²) in [6.45, 7) is 1.78. The second-order valence-electron chi connectivity index (χ2n) is 4.31. The van der Waals surface area contributed by atoms with E-state index in [4.69, 9.17) is 4.74 Å². The van der Waals surface area contributed by atoms with Gasteiger partial charge < -0.3 is 9.84 Å². The Balaban J connectivity index is 2.46. The van der Waals surface area contributed by atoms with Crippen molar-refractivity contribution in [3.05, 3.63) is 64.1 Å². The third-order valence-corrected chi connectivity index (χ3v) is 3.51. The molecule has 1 N–H and O–H groups in total. The highest BCUT2D eigenvalue weighted by Crippen LogP contribution is 2.32. The summed E-state index contributed by atoms with van der Waals surface area (Å²) in [5.74, 6) is 0.739. The Morgan fingerprint density at radius 3 is 2.28 bits per heavy atom. The molecule has 1 atom stereocenters. The van der Waals surface area contributed by atoms with Gasteiger partial charge in [-0.15, -0.1) is 0 Å². The van der Waals surface area contributed by atoms with E-state index in [1.165, 1.54) is 0 Å². The van der Waals surface area contributed by atoms with Crippen LogP contribution in [-0.2, 0) is 5.60 Å². The van der Waals surface area contributed by atoms with E-state index in [1.807, 2.05) is 48.5 Å². The maximum atomic E-state index is 10.7. The van der Waals surface area contributed by atoms with Crippen LogP contribution in [0.15, 0.2) is 53.0 Å². The highest BCUT2D eigenvalue weighted by molar-refractivity contribution is 9.10. The third kappa shape index (κ3) is 2.57. The molecule has 94 valence electrons. The van der Waals surface area contributed by atoms with E-state index in [0.29, 0.717) is 0 Å². The summed E-state index contributed by atoms with van der Waals surface area (Å²) in [6, 6.07) is 15.1. The second-order valence-corrected chi connectivity index (χ2v) is 5.23. The van der Waals surface area contributed by atoms with E-state index in [9.17, 15) is 5.11 Å². The maximum Gasteiger partial charge on any atom is 0.119 e. The minimum absolute atomic E-state index is 0.739. The van der Waals surface area contributed by atoms with Crippen LogP contribution in [0, 0.1) is 0 Å². The number of halogens is 1. The molecule has 1 unspecified atom stereocenters. The lowest BCUT2D eigenvalue weighted by Crippen LogP contribution is -2.22. The van der Waals surface area contributed by atoms with E-state index >= 15 is 0 Å². The molecule has 0 aliphatic carbocycles. The molecule has 0 aromatic heterocycles. The molecule has 0 bridgehead atoms. The van der Waals surface area contributed by atoms with Crippen LogP contribution in [0.4, 0.5) is 0 Å². The van der Waals surface area contributed by atoms with Gasteiger partial charge in [0.2, 0.25) is 0 Å². The van der Waals surface area contributed by atoms with Gasteiger partial charge in [-0.1, -0.05) is 40.2 Å². The number of hydrogen-bond donors (Lipinski definition) is 1.